The van der Waals surface area contributed by atoms with Crippen LogP contribution in [0.15, 0.2) is 24.4 Å². The summed E-state index contributed by atoms with van der Waals surface area (Å²) in [6, 6.07) is 6.72. The summed E-state index contributed by atoms with van der Waals surface area (Å²) in [5.41, 5.74) is 0.903. The average molecular weight is 269 g/mol. The highest BCUT2D eigenvalue weighted by molar-refractivity contribution is 5.85. The predicted molar refractivity (Wildman–Crippen MR) is 76.2 cm³/mol. The molecule has 5 heteroatoms. The van der Waals surface area contributed by atoms with E-state index in [1.807, 2.05) is 28.8 Å². The molecular weight excluding hydrogens is 248 g/mol. The van der Waals surface area contributed by atoms with Crippen molar-refractivity contribution in [2.24, 2.45) is 0 Å². The Morgan fingerprint density at radius 1 is 1.22 bits per heavy atom. The van der Waals surface area contributed by atoms with Crippen LogP contribution in [0.3, 0.4) is 0 Å². The van der Waals surface area contributed by atoms with Crippen LogP contribution in [0, 0.1) is 0 Å². The molecule has 2 aromatic rings. The molecule has 0 saturated heterocycles. The first-order valence-corrected chi connectivity index (χ1v) is 6.32. The van der Waals surface area contributed by atoms with Crippen molar-refractivity contribution in [1.82, 2.24) is 19.9 Å². The number of hydrogen-bond acceptors (Lipinski definition) is 3. The maximum absolute atomic E-state index is 4.27. The van der Waals surface area contributed by atoms with Gasteiger partial charge in [0.2, 0.25) is 0 Å². The van der Waals surface area contributed by atoms with Gasteiger partial charge in [-0.1, -0.05) is 19.9 Å². The van der Waals surface area contributed by atoms with E-state index in [2.05, 4.69) is 36.3 Å². The van der Waals surface area contributed by atoms with Crippen molar-refractivity contribution in [3.05, 3.63) is 30.2 Å². The lowest BCUT2D eigenvalue weighted by molar-refractivity contribution is 0.419. The highest BCUT2D eigenvalue weighted by Gasteiger charge is 2.15. The molecule has 0 fully saturated rings. The van der Waals surface area contributed by atoms with Gasteiger partial charge in [-0.25, -0.2) is 0 Å². The summed E-state index contributed by atoms with van der Waals surface area (Å²) in [6.07, 6.45) is 4.28. The third-order valence-corrected chi connectivity index (χ3v) is 3.20. The maximum atomic E-state index is 4.27. The van der Waals surface area contributed by atoms with E-state index in [-0.39, 0.29) is 18.4 Å². The highest BCUT2D eigenvalue weighted by atomic mass is 35.5. The number of fused-ring (bicyclic) bond motifs is 1. The quantitative estimate of drug-likeness (QED) is 0.907. The second kappa shape index (κ2) is 6.71. The number of hydrogen-bond donors (Lipinski definition) is 1. The normalized spacial score (nSPS) is 12.7. The minimum Gasteiger partial charge on any atom is -0.305 e. The van der Waals surface area contributed by atoms with Crippen LogP contribution in [0.25, 0.3) is 5.65 Å². The van der Waals surface area contributed by atoms with E-state index in [1.54, 1.807) is 0 Å². The van der Waals surface area contributed by atoms with Gasteiger partial charge in [-0.3, -0.25) is 4.40 Å². The zero-order valence-corrected chi connectivity index (χ0v) is 11.9. The minimum absolute atomic E-state index is 0. The monoisotopic (exact) mass is 268 g/mol. The fourth-order valence-corrected chi connectivity index (χ4v) is 2.11. The summed E-state index contributed by atoms with van der Waals surface area (Å²) in [5, 5.41) is 12.0. The zero-order valence-electron chi connectivity index (χ0n) is 11.1. The van der Waals surface area contributed by atoms with Gasteiger partial charge in [0, 0.05) is 12.2 Å². The molecule has 0 aliphatic rings. The standard InChI is InChI=1S/C13H20N4.ClH/c1-4-11(5-2)14-10(3)13-16-15-12-8-6-7-9-17(12)13;/h6-11,14H,4-5H2,1-3H3;1H. The summed E-state index contributed by atoms with van der Waals surface area (Å²) in [7, 11) is 0. The molecule has 1 N–H and O–H groups in total. The molecular formula is C13H21ClN4. The molecule has 0 saturated carbocycles. The molecule has 4 nitrogen and oxygen atoms in total. The zero-order chi connectivity index (χ0) is 12.3. The number of rotatable bonds is 5. The first-order valence-electron chi connectivity index (χ1n) is 6.32. The van der Waals surface area contributed by atoms with E-state index in [0.29, 0.717) is 6.04 Å². The molecule has 2 aromatic heterocycles. The molecule has 2 rings (SSSR count). The third kappa shape index (κ3) is 3.00. The van der Waals surface area contributed by atoms with E-state index in [0.717, 1.165) is 24.3 Å². The van der Waals surface area contributed by atoms with Gasteiger partial charge in [0.25, 0.3) is 0 Å². The summed E-state index contributed by atoms with van der Waals surface area (Å²) >= 11 is 0. The van der Waals surface area contributed by atoms with Gasteiger partial charge in [-0.15, -0.1) is 22.6 Å². The molecule has 0 aromatic carbocycles. The smallest absolute Gasteiger partial charge is 0.160 e. The lowest BCUT2D eigenvalue weighted by Crippen LogP contribution is -2.31. The van der Waals surface area contributed by atoms with Gasteiger partial charge in [0.05, 0.1) is 6.04 Å². The Morgan fingerprint density at radius 2 is 1.94 bits per heavy atom. The Kier molecular flexibility index (Phi) is 5.56. The lowest BCUT2D eigenvalue weighted by atomic mass is 10.1. The lowest BCUT2D eigenvalue weighted by Gasteiger charge is -2.19. The Labute approximate surface area is 114 Å². The summed E-state index contributed by atoms with van der Waals surface area (Å²) < 4.78 is 2.04. The molecule has 0 spiro atoms. The van der Waals surface area contributed by atoms with E-state index >= 15 is 0 Å². The number of nitrogens with zero attached hydrogens (tertiary/aromatic N) is 3. The first kappa shape index (κ1) is 14.9. The van der Waals surface area contributed by atoms with Crippen LogP contribution in [0.5, 0.6) is 0 Å². The molecule has 0 aliphatic heterocycles. The Balaban J connectivity index is 0.00000162. The number of pyridine rings is 1. The van der Waals surface area contributed by atoms with Crippen molar-refractivity contribution in [2.45, 2.75) is 45.7 Å². The van der Waals surface area contributed by atoms with E-state index < -0.39 is 0 Å². The molecule has 0 aliphatic carbocycles. The second-order valence-electron chi connectivity index (χ2n) is 4.39. The van der Waals surface area contributed by atoms with Crippen LogP contribution in [-0.2, 0) is 0 Å². The Bertz CT molecular complexity index is 479. The third-order valence-electron chi connectivity index (χ3n) is 3.20. The number of aromatic nitrogens is 3. The predicted octanol–water partition coefficient (Wildman–Crippen LogP) is 2.99. The topological polar surface area (TPSA) is 42.2 Å². The van der Waals surface area contributed by atoms with Gasteiger partial charge >= 0.3 is 0 Å². The molecule has 18 heavy (non-hydrogen) atoms. The fraction of sp³-hybridized carbons (Fsp3) is 0.538. The minimum atomic E-state index is 0. The summed E-state index contributed by atoms with van der Waals surface area (Å²) in [6.45, 7) is 6.55. The van der Waals surface area contributed by atoms with E-state index in [4.69, 9.17) is 0 Å². The van der Waals surface area contributed by atoms with Gasteiger partial charge in [0.1, 0.15) is 0 Å². The van der Waals surface area contributed by atoms with E-state index in [9.17, 15) is 0 Å². The second-order valence-corrected chi connectivity index (χ2v) is 4.39. The van der Waals surface area contributed by atoms with Crippen molar-refractivity contribution < 1.29 is 0 Å². The van der Waals surface area contributed by atoms with Crippen molar-refractivity contribution in [1.29, 1.82) is 0 Å². The van der Waals surface area contributed by atoms with Gasteiger partial charge in [-0.05, 0) is 31.9 Å². The van der Waals surface area contributed by atoms with Crippen LogP contribution < -0.4 is 5.32 Å². The van der Waals surface area contributed by atoms with Crippen LogP contribution >= 0.6 is 12.4 Å². The van der Waals surface area contributed by atoms with Crippen LogP contribution in [0.2, 0.25) is 0 Å². The van der Waals surface area contributed by atoms with Crippen LogP contribution in [0.1, 0.15) is 45.5 Å². The molecule has 2 heterocycles. The van der Waals surface area contributed by atoms with E-state index in [1.165, 1.54) is 0 Å². The summed E-state index contributed by atoms with van der Waals surface area (Å²) in [4.78, 5) is 0. The van der Waals surface area contributed by atoms with Gasteiger partial charge < -0.3 is 5.32 Å². The first-order chi connectivity index (χ1) is 8.26. The molecule has 0 amide bonds. The van der Waals surface area contributed by atoms with Gasteiger partial charge in [-0.2, -0.15) is 0 Å². The van der Waals surface area contributed by atoms with Crippen molar-refractivity contribution >= 4 is 18.1 Å². The SMILES string of the molecule is CCC(CC)NC(C)c1nnc2ccccn12.Cl. The molecule has 0 radical (unpaired) electrons. The molecule has 100 valence electrons. The Hall–Kier alpha value is -1.13. The number of nitrogens with one attached hydrogen (secondary N) is 1. The van der Waals surface area contributed by atoms with Crippen LogP contribution in [-0.4, -0.2) is 20.6 Å². The molecule has 1 atom stereocenters. The van der Waals surface area contributed by atoms with Crippen LogP contribution in [0.4, 0.5) is 0 Å². The molecule has 0 bridgehead atoms. The summed E-state index contributed by atoms with van der Waals surface area (Å²) in [5.74, 6) is 0.979. The average Bonchev–Trinajstić information content (AvgIpc) is 2.79. The maximum Gasteiger partial charge on any atom is 0.160 e. The number of halogens is 1. The van der Waals surface area contributed by atoms with Gasteiger partial charge in [0.15, 0.2) is 11.5 Å². The fourth-order valence-electron chi connectivity index (χ4n) is 2.11. The Morgan fingerprint density at radius 3 is 2.61 bits per heavy atom. The highest BCUT2D eigenvalue weighted by Crippen LogP contribution is 2.13. The van der Waals surface area contributed by atoms with Crippen molar-refractivity contribution in [2.75, 3.05) is 0 Å². The molecule has 1 unspecified atom stereocenters. The largest absolute Gasteiger partial charge is 0.305 e. The van der Waals surface area contributed by atoms with Crippen molar-refractivity contribution in [3.8, 4) is 0 Å². The van der Waals surface area contributed by atoms with Crippen molar-refractivity contribution in [3.63, 3.8) is 0 Å².